The Morgan fingerprint density at radius 3 is 2.48 bits per heavy atom. The first-order valence-corrected chi connectivity index (χ1v) is 9.15. The third-order valence-electron chi connectivity index (χ3n) is 3.29. The van der Waals surface area contributed by atoms with E-state index in [-0.39, 0.29) is 4.21 Å². The Balaban J connectivity index is 1.72. The van der Waals surface area contributed by atoms with Crippen molar-refractivity contribution in [2.24, 2.45) is 0 Å². The molecule has 1 N–H and O–H groups in total. The van der Waals surface area contributed by atoms with Gasteiger partial charge in [0, 0.05) is 13.1 Å². The predicted octanol–water partition coefficient (Wildman–Crippen LogP) is 2.33. The second kappa shape index (κ2) is 5.98. The summed E-state index contributed by atoms with van der Waals surface area (Å²) in [5.41, 5.74) is 0.379. The molecule has 1 aliphatic heterocycles. The lowest BCUT2D eigenvalue weighted by molar-refractivity contribution is 0.568. The fraction of sp³-hybridized carbons (Fsp3) is 0.385. The van der Waals surface area contributed by atoms with Gasteiger partial charge in [-0.3, -0.25) is 4.72 Å². The molecule has 0 aromatic carbocycles. The van der Waals surface area contributed by atoms with E-state index in [0.717, 1.165) is 25.9 Å². The van der Waals surface area contributed by atoms with Crippen LogP contribution in [0, 0.1) is 0 Å². The van der Waals surface area contributed by atoms with Gasteiger partial charge in [0.25, 0.3) is 10.0 Å². The Bertz CT molecular complexity index is 677. The highest BCUT2D eigenvalue weighted by Crippen LogP contribution is 2.20. The van der Waals surface area contributed by atoms with E-state index in [4.69, 9.17) is 0 Å². The number of sulfonamides is 1. The van der Waals surface area contributed by atoms with Crippen LogP contribution in [-0.2, 0) is 10.0 Å². The third kappa shape index (κ3) is 3.33. The molecule has 8 heteroatoms. The molecule has 1 saturated heterocycles. The van der Waals surface area contributed by atoms with Crippen molar-refractivity contribution in [3.8, 4) is 0 Å². The van der Waals surface area contributed by atoms with Crippen molar-refractivity contribution in [1.29, 1.82) is 0 Å². The maximum Gasteiger partial charge on any atom is 0.271 e. The Labute approximate surface area is 127 Å². The van der Waals surface area contributed by atoms with Crippen LogP contribution in [0.25, 0.3) is 0 Å². The van der Waals surface area contributed by atoms with E-state index < -0.39 is 10.0 Å². The van der Waals surface area contributed by atoms with Gasteiger partial charge in [-0.05, 0) is 30.7 Å². The van der Waals surface area contributed by atoms with Crippen molar-refractivity contribution in [3.63, 3.8) is 0 Å². The first-order chi connectivity index (χ1) is 10.1. The molecule has 0 aliphatic carbocycles. The monoisotopic (exact) mass is 324 g/mol. The number of anilines is 2. The Hall–Kier alpha value is -1.67. The Morgan fingerprint density at radius 1 is 1.14 bits per heavy atom. The molecule has 0 spiro atoms. The van der Waals surface area contributed by atoms with Gasteiger partial charge < -0.3 is 4.90 Å². The molecule has 0 bridgehead atoms. The zero-order chi connectivity index (χ0) is 14.7. The molecule has 3 rings (SSSR count). The highest BCUT2D eigenvalue weighted by atomic mass is 32.2. The topological polar surface area (TPSA) is 75.2 Å². The molecule has 0 unspecified atom stereocenters. The second-order valence-electron chi connectivity index (χ2n) is 4.86. The van der Waals surface area contributed by atoms with Crippen molar-refractivity contribution in [3.05, 3.63) is 29.9 Å². The van der Waals surface area contributed by atoms with Gasteiger partial charge in [-0.15, -0.1) is 11.3 Å². The first kappa shape index (κ1) is 14.3. The first-order valence-electron chi connectivity index (χ1n) is 6.78. The van der Waals surface area contributed by atoms with Gasteiger partial charge >= 0.3 is 0 Å². The van der Waals surface area contributed by atoms with E-state index in [1.807, 2.05) is 0 Å². The fourth-order valence-electron chi connectivity index (χ4n) is 2.25. The van der Waals surface area contributed by atoms with Crippen LogP contribution in [0.1, 0.15) is 19.3 Å². The Morgan fingerprint density at radius 2 is 1.86 bits per heavy atom. The summed E-state index contributed by atoms with van der Waals surface area (Å²) in [4.78, 5) is 10.6. The number of thiophene rings is 1. The zero-order valence-corrected chi connectivity index (χ0v) is 13.0. The zero-order valence-electron chi connectivity index (χ0n) is 11.4. The molecule has 2 aromatic rings. The van der Waals surface area contributed by atoms with E-state index >= 15 is 0 Å². The van der Waals surface area contributed by atoms with E-state index in [0.29, 0.717) is 11.6 Å². The summed E-state index contributed by atoms with van der Waals surface area (Å²) in [6.07, 6.45) is 6.58. The molecule has 3 heterocycles. The molecule has 0 amide bonds. The van der Waals surface area contributed by atoms with Gasteiger partial charge in [0.05, 0.1) is 18.1 Å². The van der Waals surface area contributed by atoms with E-state index in [9.17, 15) is 8.42 Å². The summed E-state index contributed by atoms with van der Waals surface area (Å²) in [7, 11) is -3.53. The summed E-state index contributed by atoms with van der Waals surface area (Å²) >= 11 is 1.18. The molecule has 112 valence electrons. The molecular formula is C13H16N4O2S2. The summed E-state index contributed by atoms with van der Waals surface area (Å²) in [5, 5.41) is 1.73. The number of nitrogens with zero attached hydrogens (tertiary/aromatic N) is 3. The van der Waals surface area contributed by atoms with Crippen molar-refractivity contribution in [2.75, 3.05) is 22.7 Å². The number of hydrogen-bond acceptors (Lipinski definition) is 6. The van der Waals surface area contributed by atoms with Crippen molar-refractivity contribution >= 4 is 33.0 Å². The van der Waals surface area contributed by atoms with Crippen LogP contribution < -0.4 is 9.62 Å². The van der Waals surface area contributed by atoms with Crippen LogP contribution in [0.2, 0.25) is 0 Å². The van der Waals surface area contributed by atoms with Crippen LogP contribution in [0.4, 0.5) is 11.6 Å². The summed E-state index contributed by atoms with van der Waals surface area (Å²) in [6.45, 7) is 1.92. The van der Waals surface area contributed by atoms with Crippen LogP contribution in [0.15, 0.2) is 34.1 Å². The quantitative estimate of drug-likeness (QED) is 0.934. The highest BCUT2D eigenvalue weighted by molar-refractivity contribution is 7.94. The highest BCUT2D eigenvalue weighted by Gasteiger charge is 2.17. The maximum absolute atomic E-state index is 12.1. The number of rotatable bonds is 4. The van der Waals surface area contributed by atoms with Gasteiger partial charge in [-0.2, -0.15) is 0 Å². The Kier molecular flexibility index (Phi) is 4.07. The van der Waals surface area contributed by atoms with Crippen LogP contribution >= 0.6 is 11.3 Å². The van der Waals surface area contributed by atoms with Crippen molar-refractivity contribution < 1.29 is 8.42 Å². The minimum absolute atomic E-state index is 0.280. The molecule has 0 radical (unpaired) electrons. The van der Waals surface area contributed by atoms with Gasteiger partial charge in [-0.25, -0.2) is 18.4 Å². The largest absolute Gasteiger partial charge is 0.341 e. The third-order valence-corrected chi connectivity index (χ3v) is 6.07. The molecule has 2 aromatic heterocycles. The maximum atomic E-state index is 12.1. The minimum Gasteiger partial charge on any atom is -0.341 e. The number of aromatic nitrogens is 2. The summed E-state index contributed by atoms with van der Waals surface area (Å²) in [6, 6.07) is 3.27. The predicted molar refractivity (Wildman–Crippen MR) is 83.2 cm³/mol. The molecule has 0 atom stereocenters. The number of piperidine rings is 1. The average Bonchev–Trinajstić information content (AvgIpc) is 3.04. The van der Waals surface area contributed by atoms with Crippen LogP contribution in [-0.4, -0.2) is 31.5 Å². The fourth-order valence-corrected chi connectivity index (χ4v) is 4.27. The van der Waals surface area contributed by atoms with Gasteiger partial charge in [0.2, 0.25) is 5.95 Å². The second-order valence-corrected chi connectivity index (χ2v) is 7.71. The lowest BCUT2D eigenvalue weighted by atomic mass is 10.1. The SMILES string of the molecule is O=S(=O)(Nc1cnc(N2CCCCC2)nc1)c1cccs1. The molecule has 0 saturated carbocycles. The number of hydrogen-bond donors (Lipinski definition) is 1. The lowest BCUT2D eigenvalue weighted by Crippen LogP contribution is -2.30. The van der Waals surface area contributed by atoms with E-state index in [1.54, 1.807) is 17.5 Å². The molecule has 1 fully saturated rings. The van der Waals surface area contributed by atoms with E-state index in [1.165, 1.54) is 30.2 Å². The summed E-state index contributed by atoms with van der Waals surface area (Å²) in [5.74, 6) is 0.661. The van der Waals surface area contributed by atoms with Crippen molar-refractivity contribution in [1.82, 2.24) is 9.97 Å². The lowest BCUT2D eigenvalue weighted by Gasteiger charge is -2.26. The van der Waals surface area contributed by atoms with Gasteiger partial charge in [-0.1, -0.05) is 6.07 Å². The van der Waals surface area contributed by atoms with Crippen molar-refractivity contribution in [2.45, 2.75) is 23.5 Å². The summed E-state index contributed by atoms with van der Waals surface area (Å²) < 4.78 is 26.9. The number of nitrogens with one attached hydrogen (secondary N) is 1. The normalized spacial score (nSPS) is 15.9. The molecule has 1 aliphatic rings. The smallest absolute Gasteiger partial charge is 0.271 e. The van der Waals surface area contributed by atoms with Crippen LogP contribution in [0.3, 0.4) is 0 Å². The van der Waals surface area contributed by atoms with Gasteiger partial charge in [0.1, 0.15) is 4.21 Å². The standard InChI is InChI=1S/C13H16N4O2S2/c18-21(19,12-5-4-8-20-12)16-11-9-14-13(15-10-11)17-6-2-1-3-7-17/h4-5,8-10,16H,1-3,6-7H2. The average molecular weight is 324 g/mol. The molecule has 6 nitrogen and oxygen atoms in total. The minimum atomic E-state index is -3.53. The van der Waals surface area contributed by atoms with E-state index in [2.05, 4.69) is 19.6 Å². The molecular weight excluding hydrogens is 308 g/mol. The van der Waals surface area contributed by atoms with Crippen LogP contribution in [0.5, 0.6) is 0 Å². The molecule has 21 heavy (non-hydrogen) atoms. The van der Waals surface area contributed by atoms with Gasteiger partial charge in [0.15, 0.2) is 0 Å².